The minimum absolute atomic E-state index is 0.0612. The van der Waals surface area contributed by atoms with Crippen molar-refractivity contribution in [1.29, 1.82) is 0 Å². The van der Waals surface area contributed by atoms with Gasteiger partial charge < -0.3 is 19.0 Å². The largest absolute Gasteiger partial charge is 0.506 e. The van der Waals surface area contributed by atoms with Gasteiger partial charge in [0.25, 0.3) is 0 Å². The Labute approximate surface area is 156 Å². The molecule has 27 heavy (non-hydrogen) atoms. The molecule has 0 atom stereocenters. The van der Waals surface area contributed by atoms with Gasteiger partial charge in [0.15, 0.2) is 5.78 Å². The maximum absolute atomic E-state index is 12.2. The number of furan rings is 1. The molecule has 0 saturated carbocycles. The molecule has 1 aromatic heterocycles. The average molecular weight is 370 g/mol. The molecular weight excluding hydrogens is 348 g/mol. The number of rotatable bonds is 4. The molecule has 3 aromatic rings. The summed E-state index contributed by atoms with van der Waals surface area (Å²) < 4.78 is 16.5. The number of fused-ring (bicyclic) bond motifs is 3. The molecular formula is C21H22O6. The van der Waals surface area contributed by atoms with Crippen molar-refractivity contribution < 1.29 is 28.6 Å². The molecule has 0 spiro atoms. The SMILES string of the molecule is COc1cccc2c1c(O)c(C(C)=O)c1cc(COC(=O)C(C)(C)C)oc12. The summed E-state index contributed by atoms with van der Waals surface area (Å²) in [6.45, 7) is 6.61. The van der Waals surface area contributed by atoms with Crippen LogP contribution >= 0.6 is 0 Å². The first-order chi connectivity index (χ1) is 12.6. The van der Waals surface area contributed by atoms with E-state index in [9.17, 15) is 14.7 Å². The fourth-order valence-electron chi connectivity index (χ4n) is 3.00. The highest BCUT2D eigenvalue weighted by atomic mass is 16.5. The van der Waals surface area contributed by atoms with Gasteiger partial charge >= 0.3 is 5.97 Å². The molecule has 0 aliphatic carbocycles. The van der Waals surface area contributed by atoms with Gasteiger partial charge in [-0.15, -0.1) is 0 Å². The molecule has 6 heteroatoms. The number of carbonyl (C=O) groups excluding carboxylic acids is 2. The fraction of sp³-hybridized carbons (Fsp3) is 0.333. The number of phenols is 1. The summed E-state index contributed by atoms with van der Waals surface area (Å²) in [6, 6.07) is 6.88. The van der Waals surface area contributed by atoms with Crippen LogP contribution in [0.4, 0.5) is 0 Å². The molecule has 0 fully saturated rings. The van der Waals surface area contributed by atoms with Crippen LogP contribution in [0.5, 0.6) is 11.5 Å². The number of aromatic hydroxyl groups is 1. The zero-order valence-corrected chi connectivity index (χ0v) is 16.0. The zero-order valence-electron chi connectivity index (χ0n) is 16.0. The molecule has 0 unspecified atom stereocenters. The van der Waals surface area contributed by atoms with E-state index >= 15 is 0 Å². The van der Waals surface area contributed by atoms with Gasteiger partial charge in [0.05, 0.1) is 23.5 Å². The summed E-state index contributed by atoms with van der Waals surface area (Å²) in [5, 5.41) is 12.2. The molecule has 0 amide bonds. The minimum atomic E-state index is -0.630. The predicted octanol–water partition coefficient (Wildman–Crippen LogP) is 4.59. The van der Waals surface area contributed by atoms with Gasteiger partial charge in [-0.1, -0.05) is 12.1 Å². The van der Waals surface area contributed by atoms with Crippen LogP contribution in [0.15, 0.2) is 28.7 Å². The molecule has 0 bridgehead atoms. The van der Waals surface area contributed by atoms with Crippen LogP contribution < -0.4 is 4.74 Å². The van der Waals surface area contributed by atoms with E-state index in [-0.39, 0.29) is 29.7 Å². The number of hydrogen-bond acceptors (Lipinski definition) is 6. The molecule has 6 nitrogen and oxygen atoms in total. The van der Waals surface area contributed by atoms with Gasteiger partial charge in [0.1, 0.15) is 29.4 Å². The average Bonchev–Trinajstić information content (AvgIpc) is 3.01. The Morgan fingerprint density at radius 1 is 1.19 bits per heavy atom. The number of esters is 1. The third kappa shape index (κ3) is 3.23. The fourth-order valence-corrected chi connectivity index (χ4v) is 3.00. The molecule has 2 aromatic carbocycles. The lowest BCUT2D eigenvalue weighted by Crippen LogP contribution is -2.22. The Morgan fingerprint density at radius 2 is 1.89 bits per heavy atom. The number of ether oxygens (including phenoxy) is 2. The lowest BCUT2D eigenvalue weighted by Gasteiger charge is -2.15. The lowest BCUT2D eigenvalue weighted by molar-refractivity contribution is -0.154. The molecule has 0 saturated heterocycles. The smallest absolute Gasteiger partial charge is 0.311 e. The van der Waals surface area contributed by atoms with Gasteiger partial charge in [-0.05, 0) is 39.8 Å². The van der Waals surface area contributed by atoms with E-state index in [1.165, 1.54) is 14.0 Å². The molecule has 3 rings (SSSR count). The van der Waals surface area contributed by atoms with Crippen molar-refractivity contribution in [1.82, 2.24) is 0 Å². The van der Waals surface area contributed by atoms with Gasteiger partial charge in [-0.2, -0.15) is 0 Å². The first-order valence-corrected chi connectivity index (χ1v) is 8.57. The van der Waals surface area contributed by atoms with Crippen molar-refractivity contribution in [2.24, 2.45) is 5.41 Å². The van der Waals surface area contributed by atoms with Crippen LogP contribution in [-0.2, 0) is 16.1 Å². The van der Waals surface area contributed by atoms with Crippen LogP contribution in [0.3, 0.4) is 0 Å². The second-order valence-corrected chi connectivity index (χ2v) is 7.44. The Morgan fingerprint density at radius 3 is 2.48 bits per heavy atom. The zero-order chi connectivity index (χ0) is 19.9. The Hall–Kier alpha value is -3.02. The number of Topliss-reactive ketones (excluding diaryl/α,β-unsaturated/α-hetero) is 1. The quantitative estimate of drug-likeness (QED) is 0.534. The van der Waals surface area contributed by atoms with Crippen LogP contribution in [0, 0.1) is 5.41 Å². The summed E-state index contributed by atoms with van der Waals surface area (Å²) >= 11 is 0. The summed E-state index contributed by atoms with van der Waals surface area (Å²) in [5.41, 5.74) is -0.0395. The van der Waals surface area contributed by atoms with Crippen molar-refractivity contribution in [3.05, 3.63) is 35.6 Å². The van der Waals surface area contributed by atoms with Gasteiger partial charge in [-0.3, -0.25) is 9.59 Å². The van der Waals surface area contributed by atoms with E-state index in [2.05, 4.69) is 0 Å². The van der Waals surface area contributed by atoms with E-state index < -0.39 is 5.41 Å². The maximum Gasteiger partial charge on any atom is 0.311 e. The highest BCUT2D eigenvalue weighted by Crippen LogP contribution is 2.43. The third-order valence-electron chi connectivity index (χ3n) is 4.33. The molecule has 0 radical (unpaired) electrons. The van der Waals surface area contributed by atoms with E-state index in [1.54, 1.807) is 45.0 Å². The second kappa shape index (κ2) is 6.61. The standard InChI is InChI=1S/C21H22O6/c1-11(22)16-14-9-12(10-26-20(24)21(2,3)4)27-19(14)13-7-6-8-15(25-5)17(13)18(16)23/h6-9,23H,10H2,1-5H3. The second-order valence-electron chi connectivity index (χ2n) is 7.44. The summed E-state index contributed by atoms with van der Waals surface area (Å²) in [6.07, 6.45) is 0. The predicted molar refractivity (Wildman–Crippen MR) is 101 cm³/mol. The molecule has 142 valence electrons. The Balaban J connectivity index is 2.20. The highest BCUT2D eigenvalue weighted by molar-refractivity contribution is 6.20. The van der Waals surface area contributed by atoms with Gasteiger partial charge in [0, 0.05) is 10.8 Å². The van der Waals surface area contributed by atoms with Crippen molar-refractivity contribution in [2.45, 2.75) is 34.3 Å². The van der Waals surface area contributed by atoms with Crippen molar-refractivity contribution in [2.75, 3.05) is 7.11 Å². The minimum Gasteiger partial charge on any atom is -0.506 e. The van der Waals surface area contributed by atoms with Crippen LogP contribution in [-0.4, -0.2) is 24.0 Å². The molecule has 0 aliphatic heterocycles. The monoisotopic (exact) mass is 370 g/mol. The molecule has 0 aliphatic rings. The Kier molecular flexibility index (Phi) is 4.59. The summed E-state index contributed by atoms with van der Waals surface area (Å²) in [7, 11) is 1.49. The highest BCUT2D eigenvalue weighted by Gasteiger charge is 2.25. The number of methoxy groups -OCH3 is 1. The Bertz CT molecular complexity index is 1050. The van der Waals surface area contributed by atoms with Crippen molar-refractivity contribution in [3.63, 3.8) is 0 Å². The molecule has 1 heterocycles. The molecule has 1 N–H and O–H groups in total. The number of ketones is 1. The number of phenolic OH excluding ortho intramolecular Hbond substituents is 1. The number of benzene rings is 2. The first kappa shape index (κ1) is 18.8. The third-order valence-corrected chi connectivity index (χ3v) is 4.33. The maximum atomic E-state index is 12.2. The van der Waals surface area contributed by atoms with Gasteiger partial charge in [0.2, 0.25) is 0 Å². The van der Waals surface area contributed by atoms with Crippen molar-refractivity contribution >= 4 is 33.5 Å². The van der Waals surface area contributed by atoms with E-state index in [0.29, 0.717) is 33.3 Å². The van der Waals surface area contributed by atoms with Crippen LogP contribution in [0.25, 0.3) is 21.7 Å². The van der Waals surface area contributed by atoms with Crippen LogP contribution in [0.1, 0.15) is 43.8 Å². The van der Waals surface area contributed by atoms with E-state index in [4.69, 9.17) is 13.9 Å². The van der Waals surface area contributed by atoms with E-state index in [0.717, 1.165) is 0 Å². The van der Waals surface area contributed by atoms with Crippen molar-refractivity contribution in [3.8, 4) is 11.5 Å². The van der Waals surface area contributed by atoms with Gasteiger partial charge in [-0.25, -0.2) is 0 Å². The number of carbonyl (C=O) groups is 2. The first-order valence-electron chi connectivity index (χ1n) is 8.57. The normalized spacial score (nSPS) is 11.7. The lowest BCUT2D eigenvalue weighted by atomic mass is 9.97. The summed E-state index contributed by atoms with van der Waals surface area (Å²) in [5.74, 6) is 0.0151. The summed E-state index contributed by atoms with van der Waals surface area (Å²) in [4.78, 5) is 24.2. The number of hydrogen-bond donors (Lipinski definition) is 1. The van der Waals surface area contributed by atoms with E-state index in [1.807, 2.05) is 0 Å². The topological polar surface area (TPSA) is 86.0 Å². The van der Waals surface area contributed by atoms with Crippen LogP contribution in [0.2, 0.25) is 0 Å².